The van der Waals surface area contributed by atoms with Crippen molar-refractivity contribution >= 4 is 17.9 Å². The summed E-state index contributed by atoms with van der Waals surface area (Å²) in [4.78, 5) is 31.0. The summed E-state index contributed by atoms with van der Waals surface area (Å²) in [5.41, 5.74) is 0.231. The first-order valence-electron chi connectivity index (χ1n) is 6.33. The molecule has 0 aromatic carbocycles. The summed E-state index contributed by atoms with van der Waals surface area (Å²) in [6.45, 7) is 9.23. The van der Waals surface area contributed by atoms with Gasteiger partial charge in [0.05, 0.1) is 13.7 Å². The molecule has 0 unspecified atom stereocenters. The Bertz CT molecular complexity index is 395. The van der Waals surface area contributed by atoms with Crippen molar-refractivity contribution in [1.29, 1.82) is 0 Å². The van der Waals surface area contributed by atoms with Crippen LogP contribution in [-0.4, -0.2) is 36.7 Å². The van der Waals surface area contributed by atoms with Gasteiger partial charge in [0.25, 0.3) is 0 Å². The number of rotatable bonds is 8. The van der Waals surface area contributed by atoms with Gasteiger partial charge in [-0.2, -0.15) is 0 Å². The fraction of sp³-hybridized carbons (Fsp3) is 0.400. The number of ether oxygens (including phenoxy) is 2. The van der Waals surface area contributed by atoms with Gasteiger partial charge in [0, 0.05) is 17.7 Å². The zero-order chi connectivity index (χ0) is 16.7. The van der Waals surface area contributed by atoms with E-state index in [1.54, 1.807) is 0 Å². The topological polar surface area (TPSA) is 89.9 Å². The lowest BCUT2D eigenvalue weighted by Crippen LogP contribution is -2.02. The van der Waals surface area contributed by atoms with Crippen LogP contribution in [0.25, 0.3) is 0 Å². The van der Waals surface area contributed by atoms with E-state index in [2.05, 4.69) is 22.6 Å². The lowest BCUT2D eigenvalue weighted by Gasteiger charge is -1.97. The minimum absolute atomic E-state index is 0.193. The maximum atomic E-state index is 10.7. The molecule has 0 radical (unpaired) electrons. The first kappa shape index (κ1) is 20.9. The van der Waals surface area contributed by atoms with E-state index in [0.29, 0.717) is 6.61 Å². The number of carbonyl (C=O) groups is 3. The summed E-state index contributed by atoms with van der Waals surface area (Å²) in [6, 6.07) is 0. The summed E-state index contributed by atoms with van der Waals surface area (Å²) >= 11 is 0. The molecule has 0 spiro atoms. The van der Waals surface area contributed by atoms with Crippen molar-refractivity contribution < 1.29 is 29.0 Å². The average molecular weight is 298 g/mol. The van der Waals surface area contributed by atoms with E-state index in [1.807, 2.05) is 6.92 Å². The second kappa shape index (κ2) is 14.0. The molecule has 0 atom stereocenters. The molecule has 6 heteroatoms. The molecule has 0 saturated carbocycles. The maximum absolute atomic E-state index is 10.7. The van der Waals surface area contributed by atoms with Gasteiger partial charge in [-0.15, -0.1) is 0 Å². The number of allylic oxidation sites excluding steroid dienone is 1. The number of unbranched alkanes of at least 4 members (excludes halogenated alkanes) is 1. The Morgan fingerprint density at radius 3 is 2.33 bits per heavy atom. The van der Waals surface area contributed by atoms with Gasteiger partial charge in [0.1, 0.15) is 0 Å². The van der Waals surface area contributed by atoms with Gasteiger partial charge >= 0.3 is 17.9 Å². The van der Waals surface area contributed by atoms with E-state index in [9.17, 15) is 14.4 Å². The zero-order valence-electron chi connectivity index (χ0n) is 12.5. The molecule has 0 saturated heterocycles. The second-order valence-corrected chi connectivity index (χ2v) is 3.77. The molecule has 0 rings (SSSR count). The minimum atomic E-state index is -1.05. The number of esters is 2. The standard InChI is InChI=1S/C8H10O4.C7H12O2/c1-6(8(11)12-2)4-3-5-7(9)10;1-3-5-6-9-7(8)4-2/h3,5H,1,4H2,2H3,(H,9,10);4H,2-3,5-6H2,1H3. The molecule has 0 aromatic rings. The Hall–Kier alpha value is -2.37. The number of methoxy groups -OCH3 is 1. The van der Waals surface area contributed by atoms with Crippen LogP contribution in [0.1, 0.15) is 26.2 Å². The van der Waals surface area contributed by atoms with Crippen molar-refractivity contribution in [3.05, 3.63) is 37.0 Å². The van der Waals surface area contributed by atoms with Gasteiger partial charge < -0.3 is 14.6 Å². The largest absolute Gasteiger partial charge is 0.478 e. The average Bonchev–Trinajstić information content (AvgIpc) is 2.46. The van der Waals surface area contributed by atoms with Crippen molar-refractivity contribution in [2.45, 2.75) is 26.2 Å². The van der Waals surface area contributed by atoms with Gasteiger partial charge in [-0.05, 0) is 12.8 Å². The summed E-state index contributed by atoms with van der Waals surface area (Å²) in [6.07, 6.45) is 5.63. The highest BCUT2D eigenvalue weighted by atomic mass is 16.5. The molecule has 1 N–H and O–H groups in total. The van der Waals surface area contributed by atoms with E-state index >= 15 is 0 Å². The highest BCUT2D eigenvalue weighted by Crippen LogP contribution is 2.00. The van der Waals surface area contributed by atoms with Crippen LogP contribution >= 0.6 is 0 Å². The van der Waals surface area contributed by atoms with Crippen LogP contribution in [0, 0.1) is 0 Å². The van der Waals surface area contributed by atoms with Crippen molar-refractivity contribution in [1.82, 2.24) is 0 Å². The van der Waals surface area contributed by atoms with Crippen LogP contribution in [0.2, 0.25) is 0 Å². The molecular weight excluding hydrogens is 276 g/mol. The van der Waals surface area contributed by atoms with E-state index in [-0.39, 0.29) is 18.0 Å². The fourth-order valence-corrected chi connectivity index (χ4v) is 0.906. The van der Waals surface area contributed by atoms with Crippen LogP contribution in [0.4, 0.5) is 0 Å². The SMILES string of the molecule is C=C(CC=CC(=O)O)C(=O)OC.C=CC(=O)OCCCC. The van der Waals surface area contributed by atoms with E-state index < -0.39 is 11.9 Å². The van der Waals surface area contributed by atoms with Crippen LogP contribution in [0.5, 0.6) is 0 Å². The summed E-state index contributed by atoms with van der Waals surface area (Å²) in [7, 11) is 1.24. The Morgan fingerprint density at radius 2 is 1.90 bits per heavy atom. The predicted molar refractivity (Wildman–Crippen MR) is 78.6 cm³/mol. The van der Waals surface area contributed by atoms with Crippen molar-refractivity contribution in [3.63, 3.8) is 0 Å². The number of carboxylic acids is 1. The van der Waals surface area contributed by atoms with E-state index in [0.717, 1.165) is 18.9 Å². The summed E-state index contributed by atoms with van der Waals surface area (Å²) < 4.78 is 9.02. The molecule has 0 heterocycles. The monoisotopic (exact) mass is 298 g/mol. The third-order valence-electron chi connectivity index (χ3n) is 2.01. The molecule has 0 aromatic heterocycles. The lowest BCUT2D eigenvalue weighted by atomic mass is 10.2. The maximum Gasteiger partial charge on any atom is 0.333 e. The van der Waals surface area contributed by atoms with Crippen LogP contribution in [-0.2, 0) is 23.9 Å². The Kier molecular flexibility index (Phi) is 14.0. The van der Waals surface area contributed by atoms with Crippen molar-refractivity contribution in [3.8, 4) is 0 Å². The van der Waals surface area contributed by atoms with Crippen LogP contribution in [0.15, 0.2) is 37.0 Å². The van der Waals surface area contributed by atoms with E-state index in [4.69, 9.17) is 5.11 Å². The molecule has 6 nitrogen and oxygen atoms in total. The lowest BCUT2D eigenvalue weighted by molar-refractivity contribution is -0.138. The predicted octanol–water partition coefficient (Wildman–Crippen LogP) is 2.26. The first-order chi connectivity index (χ1) is 9.88. The van der Waals surface area contributed by atoms with Gasteiger partial charge in [-0.3, -0.25) is 0 Å². The first-order valence-corrected chi connectivity index (χ1v) is 6.33. The highest BCUT2D eigenvalue weighted by molar-refractivity contribution is 5.88. The van der Waals surface area contributed by atoms with Crippen LogP contribution in [0.3, 0.4) is 0 Å². The molecule has 0 fully saturated rings. The smallest absolute Gasteiger partial charge is 0.333 e. The molecule has 118 valence electrons. The number of hydrogen-bond donors (Lipinski definition) is 1. The molecule has 0 aliphatic rings. The molecule has 0 aliphatic heterocycles. The molecule has 0 aliphatic carbocycles. The fourth-order valence-electron chi connectivity index (χ4n) is 0.906. The molecule has 21 heavy (non-hydrogen) atoms. The van der Waals surface area contributed by atoms with Crippen LogP contribution < -0.4 is 0 Å². The van der Waals surface area contributed by atoms with Gasteiger partial charge in [0.2, 0.25) is 0 Å². The van der Waals surface area contributed by atoms with Gasteiger partial charge in [-0.1, -0.05) is 32.6 Å². The minimum Gasteiger partial charge on any atom is -0.478 e. The second-order valence-electron chi connectivity index (χ2n) is 3.77. The van der Waals surface area contributed by atoms with E-state index in [1.165, 1.54) is 19.3 Å². The quantitative estimate of drug-likeness (QED) is 0.420. The Morgan fingerprint density at radius 1 is 1.29 bits per heavy atom. The molecular formula is C15H22O6. The van der Waals surface area contributed by atoms with Gasteiger partial charge in [0.15, 0.2) is 0 Å². The van der Waals surface area contributed by atoms with Crippen molar-refractivity contribution in [2.75, 3.05) is 13.7 Å². The normalized spacial score (nSPS) is 9.24. The van der Waals surface area contributed by atoms with Gasteiger partial charge in [-0.25, -0.2) is 14.4 Å². The third kappa shape index (κ3) is 15.6. The molecule has 0 amide bonds. The summed E-state index contributed by atoms with van der Waals surface area (Å²) in [5, 5.41) is 8.19. The number of aliphatic carboxylic acids is 1. The zero-order valence-corrected chi connectivity index (χ0v) is 12.5. The summed E-state index contributed by atoms with van der Waals surface area (Å²) in [5.74, 6) is -1.90. The number of carboxylic acid groups (broad SMARTS) is 1. The Balaban J connectivity index is 0. The number of carbonyl (C=O) groups excluding carboxylic acids is 2. The highest BCUT2D eigenvalue weighted by Gasteiger charge is 2.03. The van der Waals surface area contributed by atoms with Crippen molar-refractivity contribution in [2.24, 2.45) is 0 Å². The Labute approximate surface area is 124 Å². The molecule has 0 bridgehead atoms. The third-order valence-corrected chi connectivity index (χ3v) is 2.01. The number of hydrogen-bond acceptors (Lipinski definition) is 5.